The van der Waals surface area contributed by atoms with Crippen LogP contribution in [0.15, 0.2) is 0 Å². The van der Waals surface area contributed by atoms with Gasteiger partial charge in [-0.3, -0.25) is 0 Å². The fourth-order valence-corrected chi connectivity index (χ4v) is 1.05. The maximum absolute atomic E-state index is 2.34. The van der Waals surface area contributed by atoms with Gasteiger partial charge in [0.25, 0.3) is 0 Å². The first kappa shape index (κ1) is 6.38. The molecule has 1 aliphatic heterocycles. The molecule has 0 aromatic carbocycles. The monoisotopic (exact) mass is 228 g/mol. The van der Waals surface area contributed by atoms with Crippen LogP contribution in [0, 0.1) is 0 Å². The molecule has 0 atom stereocenters. The zero-order valence-electron chi connectivity index (χ0n) is 5.22. The summed E-state index contributed by atoms with van der Waals surface area (Å²) >= 11 is 2.08. The zero-order valence-corrected chi connectivity index (χ0v) is 7.55. The van der Waals surface area contributed by atoms with E-state index in [2.05, 4.69) is 45.7 Å². The summed E-state index contributed by atoms with van der Waals surface area (Å²) in [5, 5.41) is 0. The quantitative estimate of drug-likeness (QED) is 0.445. The average Bonchev–Trinajstić information content (AvgIpc) is 2.43. The van der Waals surface area contributed by atoms with Crippen LogP contribution in [0.3, 0.4) is 0 Å². The van der Waals surface area contributed by atoms with E-state index in [-0.39, 0.29) is 0 Å². The molecule has 3 heteroatoms. The molecule has 8 heavy (non-hydrogen) atoms. The molecule has 0 aromatic rings. The van der Waals surface area contributed by atoms with Crippen LogP contribution >= 0.6 is 0 Å². The first-order chi connectivity index (χ1) is 3.72. The second-order valence-corrected chi connectivity index (χ2v) is 3.21. The van der Waals surface area contributed by atoms with Gasteiger partial charge in [-0.1, -0.05) is 0 Å². The first-order valence-electron chi connectivity index (χ1n) is 2.68. The van der Waals surface area contributed by atoms with Crippen molar-refractivity contribution in [1.29, 1.82) is 0 Å². The molecule has 0 aliphatic carbocycles. The fourth-order valence-electron chi connectivity index (χ4n) is 0.524. The van der Waals surface area contributed by atoms with Gasteiger partial charge in [0.15, 0.2) is 0 Å². The summed E-state index contributed by atoms with van der Waals surface area (Å²) in [4.78, 5) is 4.49. The van der Waals surface area contributed by atoms with Gasteiger partial charge in [-0.05, 0) is 0 Å². The van der Waals surface area contributed by atoms with Crippen molar-refractivity contribution >= 4 is 25.6 Å². The zero-order chi connectivity index (χ0) is 6.15. The molecule has 0 unspecified atom stereocenters. The molecule has 0 bridgehead atoms. The molecule has 0 aromatic heterocycles. The van der Waals surface area contributed by atoms with E-state index >= 15 is 0 Å². The minimum absolute atomic E-state index is 1.26. The van der Waals surface area contributed by atoms with Gasteiger partial charge < -0.3 is 0 Å². The molecular weight excluding hydrogens is 216 g/mol. The summed E-state index contributed by atoms with van der Waals surface area (Å²) in [6.45, 7) is 2.51. The van der Waals surface area contributed by atoms with Crippen LogP contribution in [0.2, 0.25) is 0 Å². The fraction of sp³-hybridized carbons (Fsp3) is 0.800. The van der Waals surface area contributed by atoms with Crippen LogP contribution in [-0.4, -0.2) is 62.6 Å². The Hall–Kier alpha value is 0.260. The van der Waals surface area contributed by atoms with Gasteiger partial charge in [0, 0.05) is 0 Å². The van der Waals surface area contributed by atoms with Crippen molar-refractivity contribution in [1.82, 2.24) is 9.80 Å². The van der Waals surface area contributed by atoms with Crippen molar-refractivity contribution in [2.75, 3.05) is 27.2 Å². The van der Waals surface area contributed by atoms with Crippen molar-refractivity contribution in [2.24, 2.45) is 0 Å². The first-order valence-corrected chi connectivity index (χ1v) is 3.84. The van der Waals surface area contributed by atoms with Gasteiger partial charge in [-0.15, -0.1) is 0 Å². The Morgan fingerprint density at radius 3 is 2.12 bits per heavy atom. The van der Waals surface area contributed by atoms with E-state index in [1.165, 1.54) is 16.9 Å². The molecule has 46 valence electrons. The van der Waals surface area contributed by atoms with Crippen LogP contribution in [0.5, 0.6) is 0 Å². The Morgan fingerprint density at radius 2 is 2.00 bits per heavy atom. The van der Waals surface area contributed by atoms with Gasteiger partial charge in [0.2, 0.25) is 0 Å². The van der Waals surface area contributed by atoms with Crippen LogP contribution in [0.25, 0.3) is 0 Å². The standard InChI is InChI=1S/C5H10N2Te/c1-6(2)5(8)7-3-4-7/h3-4H2,1-2H3. The molecule has 0 amide bonds. The third kappa shape index (κ3) is 1.37. The summed E-state index contributed by atoms with van der Waals surface area (Å²) in [5.74, 6) is 0. The van der Waals surface area contributed by atoms with Crippen LogP contribution in [0.1, 0.15) is 0 Å². The minimum atomic E-state index is 1.26. The normalized spacial score (nSPS) is 16.0. The van der Waals surface area contributed by atoms with Crippen LogP contribution in [-0.2, 0) is 0 Å². The van der Waals surface area contributed by atoms with E-state index in [9.17, 15) is 0 Å². The number of nitrogens with zero attached hydrogens (tertiary/aromatic N) is 2. The Balaban J connectivity index is 2.33. The van der Waals surface area contributed by atoms with Crippen molar-refractivity contribution < 1.29 is 0 Å². The molecule has 0 saturated carbocycles. The van der Waals surface area contributed by atoms with Gasteiger partial charge in [-0.25, -0.2) is 0 Å². The van der Waals surface area contributed by atoms with E-state index in [4.69, 9.17) is 0 Å². The van der Waals surface area contributed by atoms with Gasteiger partial charge in [-0.2, -0.15) is 0 Å². The topological polar surface area (TPSA) is 6.25 Å². The second kappa shape index (κ2) is 2.24. The average molecular weight is 226 g/mol. The molecule has 0 spiro atoms. The predicted octanol–water partition coefficient (Wildman–Crippen LogP) is -0.881. The summed E-state index contributed by atoms with van der Waals surface area (Å²) in [5.41, 5.74) is 0. The molecule has 1 saturated heterocycles. The van der Waals surface area contributed by atoms with E-state index in [1.54, 1.807) is 0 Å². The maximum atomic E-state index is 2.34. The molecule has 1 heterocycles. The molecule has 0 radical (unpaired) electrons. The Labute approximate surface area is 62.8 Å². The van der Waals surface area contributed by atoms with Gasteiger partial charge in [0.05, 0.1) is 0 Å². The number of hydrogen-bond acceptors (Lipinski definition) is 2. The number of hydrogen-bond donors (Lipinski definition) is 0. The van der Waals surface area contributed by atoms with E-state index in [1.807, 2.05) is 0 Å². The Morgan fingerprint density at radius 1 is 1.50 bits per heavy atom. The summed E-state index contributed by atoms with van der Waals surface area (Å²) < 4.78 is 1.39. The van der Waals surface area contributed by atoms with Crippen molar-refractivity contribution in [3.05, 3.63) is 0 Å². The molecular formula is C5H10N2Te. The summed E-state index contributed by atoms with van der Waals surface area (Å²) in [6, 6.07) is 0. The van der Waals surface area contributed by atoms with Crippen molar-refractivity contribution in [2.45, 2.75) is 0 Å². The molecule has 0 N–H and O–H groups in total. The second-order valence-electron chi connectivity index (χ2n) is 2.16. The SMILES string of the molecule is CN(C)C(=[Te])N1CC1. The summed E-state index contributed by atoms with van der Waals surface area (Å²) in [6.07, 6.45) is 0. The molecule has 2 nitrogen and oxygen atoms in total. The van der Waals surface area contributed by atoms with Crippen LogP contribution < -0.4 is 0 Å². The predicted molar refractivity (Wildman–Crippen MR) is 36.0 cm³/mol. The molecule has 1 fully saturated rings. The molecule has 1 rings (SSSR count). The van der Waals surface area contributed by atoms with Crippen LogP contribution in [0.4, 0.5) is 0 Å². The van der Waals surface area contributed by atoms with Crippen molar-refractivity contribution in [3.8, 4) is 0 Å². The van der Waals surface area contributed by atoms with E-state index in [0.29, 0.717) is 0 Å². The van der Waals surface area contributed by atoms with Gasteiger partial charge >= 0.3 is 62.6 Å². The third-order valence-corrected chi connectivity index (χ3v) is 2.88. The van der Waals surface area contributed by atoms with Crippen molar-refractivity contribution in [3.63, 3.8) is 0 Å². The number of rotatable bonds is 2. The third-order valence-electron chi connectivity index (χ3n) is 1.10. The Kier molecular flexibility index (Phi) is 1.79. The molecule has 1 aliphatic rings. The van der Waals surface area contributed by atoms with E-state index < -0.39 is 0 Å². The van der Waals surface area contributed by atoms with Gasteiger partial charge in [0.1, 0.15) is 0 Å². The van der Waals surface area contributed by atoms with E-state index in [0.717, 1.165) is 0 Å². The Bertz CT molecular complexity index is 103. The summed E-state index contributed by atoms with van der Waals surface area (Å²) in [7, 11) is 4.16.